The minimum atomic E-state index is -4.46. The van der Waals surface area contributed by atoms with Crippen LogP contribution in [-0.2, 0) is 17.3 Å². The molecule has 0 amide bonds. The fourth-order valence-electron chi connectivity index (χ4n) is 1.70. The lowest BCUT2D eigenvalue weighted by Gasteiger charge is -2.17. The van der Waals surface area contributed by atoms with Crippen LogP contribution in [-0.4, -0.2) is 25.9 Å². The molecule has 3 nitrogen and oxygen atoms in total. The Labute approximate surface area is 116 Å². The summed E-state index contributed by atoms with van der Waals surface area (Å²) in [5, 5.41) is 0. The highest BCUT2D eigenvalue weighted by atomic mass is 19.4. The zero-order chi connectivity index (χ0) is 15.3. The lowest BCUT2D eigenvalue weighted by molar-refractivity contribution is -0.139. The van der Waals surface area contributed by atoms with Crippen molar-refractivity contribution in [2.24, 2.45) is 5.73 Å². The third kappa shape index (κ3) is 5.02. The van der Waals surface area contributed by atoms with Crippen LogP contribution in [0.4, 0.5) is 13.2 Å². The third-order valence-corrected chi connectivity index (χ3v) is 2.78. The zero-order valence-corrected chi connectivity index (χ0v) is 11.8. The third-order valence-electron chi connectivity index (χ3n) is 2.78. The van der Waals surface area contributed by atoms with Gasteiger partial charge >= 0.3 is 6.18 Å². The van der Waals surface area contributed by atoms with Gasteiger partial charge in [-0.3, -0.25) is 0 Å². The first-order valence-corrected chi connectivity index (χ1v) is 6.35. The van der Waals surface area contributed by atoms with E-state index in [1.165, 1.54) is 13.2 Å². The summed E-state index contributed by atoms with van der Waals surface area (Å²) in [5.74, 6) is -0.185. The van der Waals surface area contributed by atoms with Crippen molar-refractivity contribution in [2.45, 2.75) is 38.6 Å². The van der Waals surface area contributed by atoms with Crippen LogP contribution >= 0.6 is 0 Å². The average Bonchev–Trinajstić information content (AvgIpc) is 2.34. The SMILES string of the molecule is COC(C)COc1ccc(CC(C)N)cc1C(F)(F)F. The predicted molar refractivity (Wildman–Crippen MR) is 70.8 cm³/mol. The highest BCUT2D eigenvalue weighted by molar-refractivity contribution is 5.39. The molecule has 0 bridgehead atoms. The van der Waals surface area contributed by atoms with E-state index in [9.17, 15) is 13.2 Å². The number of methoxy groups -OCH3 is 1. The number of alkyl halides is 3. The molecule has 1 rings (SSSR count). The van der Waals surface area contributed by atoms with Gasteiger partial charge in [0, 0.05) is 13.2 Å². The molecular formula is C14H20F3NO2. The number of nitrogens with two attached hydrogens (primary N) is 1. The summed E-state index contributed by atoms with van der Waals surface area (Å²) in [7, 11) is 1.48. The van der Waals surface area contributed by atoms with Gasteiger partial charge in [-0.1, -0.05) is 6.07 Å². The molecular weight excluding hydrogens is 271 g/mol. The second-order valence-corrected chi connectivity index (χ2v) is 4.87. The second-order valence-electron chi connectivity index (χ2n) is 4.87. The van der Waals surface area contributed by atoms with Crippen LogP contribution in [0.1, 0.15) is 25.0 Å². The smallest absolute Gasteiger partial charge is 0.419 e. The van der Waals surface area contributed by atoms with Crippen LogP contribution < -0.4 is 10.5 Å². The Morgan fingerprint density at radius 2 is 1.90 bits per heavy atom. The lowest BCUT2D eigenvalue weighted by Crippen LogP contribution is -2.20. The van der Waals surface area contributed by atoms with E-state index in [0.717, 1.165) is 6.07 Å². The molecule has 0 heterocycles. The van der Waals surface area contributed by atoms with Gasteiger partial charge in [-0.25, -0.2) is 0 Å². The number of hydrogen-bond donors (Lipinski definition) is 1. The van der Waals surface area contributed by atoms with Gasteiger partial charge in [-0.05, 0) is 38.0 Å². The van der Waals surface area contributed by atoms with E-state index in [2.05, 4.69) is 0 Å². The number of benzene rings is 1. The Morgan fingerprint density at radius 3 is 2.40 bits per heavy atom. The summed E-state index contributed by atoms with van der Waals surface area (Å²) >= 11 is 0. The summed E-state index contributed by atoms with van der Waals surface area (Å²) in [5.41, 5.74) is 5.37. The molecule has 0 aliphatic heterocycles. The Bertz CT molecular complexity index is 433. The van der Waals surface area contributed by atoms with Crippen molar-refractivity contribution in [3.8, 4) is 5.75 Å². The van der Waals surface area contributed by atoms with Gasteiger partial charge in [0.05, 0.1) is 11.7 Å². The van der Waals surface area contributed by atoms with E-state index in [1.54, 1.807) is 19.9 Å². The van der Waals surface area contributed by atoms with Crippen molar-refractivity contribution in [1.82, 2.24) is 0 Å². The maximum Gasteiger partial charge on any atom is 0.419 e. The van der Waals surface area contributed by atoms with E-state index in [0.29, 0.717) is 12.0 Å². The number of ether oxygens (including phenoxy) is 2. The summed E-state index contributed by atoms with van der Waals surface area (Å²) in [6.45, 7) is 3.53. The summed E-state index contributed by atoms with van der Waals surface area (Å²) in [4.78, 5) is 0. The molecule has 6 heteroatoms. The molecule has 0 aromatic heterocycles. The minimum Gasteiger partial charge on any atom is -0.490 e. The Balaban J connectivity index is 2.98. The van der Waals surface area contributed by atoms with E-state index in [-0.39, 0.29) is 24.5 Å². The van der Waals surface area contributed by atoms with Gasteiger partial charge in [0.1, 0.15) is 12.4 Å². The molecule has 0 saturated carbocycles. The molecule has 0 radical (unpaired) electrons. The predicted octanol–water partition coefficient (Wildman–Crippen LogP) is 3.01. The molecule has 20 heavy (non-hydrogen) atoms. The number of rotatable bonds is 6. The molecule has 0 fully saturated rings. The van der Waals surface area contributed by atoms with Crippen LogP contribution in [0.15, 0.2) is 18.2 Å². The number of hydrogen-bond acceptors (Lipinski definition) is 3. The van der Waals surface area contributed by atoms with Crippen LogP contribution in [0.5, 0.6) is 5.75 Å². The molecule has 0 aliphatic rings. The Morgan fingerprint density at radius 1 is 1.25 bits per heavy atom. The summed E-state index contributed by atoms with van der Waals surface area (Å²) < 4.78 is 49.2. The van der Waals surface area contributed by atoms with Gasteiger partial charge in [0.15, 0.2) is 0 Å². The topological polar surface area (TPSA) is 44.5 Å². The first-order valence-electron chi connectivity index (χ1n) is 6.35. The van der Waals surface area contributed by atoms with Crippen molar-refractivity contribution in [3.63, 3.8) is 0 Å². The maximum absolute atomic E-state index is 13.0. The van der Waals surface area contributed by atoms with E-state index in [1.807, 2.05) is 0 Å². The van der Waals surface area contributed by atoms with Gasteiger partial charge in [0.25, 0.3) is 0 Å². The van der Waals surface area contributed by atoms with E-state index < -0.39 is 11.7 Å². The van der Waals surface area contributed by atoms with Crippen LogP contribution in [0, 0.1) is 0 Å². The molecule has 1 aromatic rings. The highest BCUT2D eigenvalue weighted by Crippen LogP contribution is 2.37. The maximum atomic E-state index is 13.0. The fourth-order valence-corrected chi connectivity index (χ4v) is 1.70. The average molecular weight is 291 g/mol. The lowest BCUT2D eigenvalue weighted by atomic mass is 10.0. The first-order chi connectivity index (χ1) is 9.24. The molecule has 2 N–H and O–H groups in total. The zero-order valence-electron chi connectivity index (χ0n) is 11.8. The van der Waals surface area contributed by atoms with E-state index in [4.69, 9.17) is 15.2 Å². The highest BCUT2D eigenvalue weighted by Gasteiger charge is 2.34. The monoisotopic (exact) mass is 291 g/mol. The van der Waals surface area contributed by atoms with Crippen molar-refractivity contribution in [2.75, 3.05) is 13.7 Å². The van der Waals surface area contributed by atoms with Gasteiger partial charge in [-0.2, -0.15) is 13.2 Å². The van der Waals surface area contributed by atoms with Crippen molar-refractivity contribution < 1.29 is 22.6 Å². The van der Waals surface area contributed by atoms with E-state index >= 15 is 0 Å². The summed E-state index contributed by atoms with van der Waals surface area (Å²) in [6, 6.07) is 3.83. The molecule has 114 valence electrons. The van der Waals surface area contributed by atoms with Crippen molar-refractivity contribution in [1.29, 1.82) is 0 Å². The molecule has 0 saturated heterocycles. The largest absolute Gasteiger partial charge is 0.490 e. The summed E-state index contributed by atoms with van der Waals surface area (Å²) in [6.07, 6.45) is -4.35. The molecule has 0 aliphatic carbocycles. The van der Waals surface area contributed by atoms with Gasteiger partial charge < -0.3 is 15.2 Å². The molecule has 0 spiro atoms. The molecule has 2 unspecified atom stereocenters. The molecule has 1 aromatic carbocycles. The van der Waals surface area contributed by atoms with Crippen molar-refractivity contribution in [3.05, 3.63) is 29.3 Å². The number of halogens is 3. The Kier molecular flexibility index (Phi) is 5.83. The normalized spacial score (nSPS) is 14.9. The van der Waals surface area contributed by atoms with Gasteiger partial charge in [-0.15, -0.1) is 0 Å². The van der Waals surface area contributed by atoms with Crippen LogP contribution in [0.3, 0.4) is 0 Å². The first kappa shape index (κ1) is 16.8. The van der Waals surface area contributed by atoms with Crippen molar-refractivity contribution >= 4 is 0 Å². The second kappa shape index (κ2) is 6.95. The minimum absolute atomic E-state index is 0.0617. The quantitative estimate of drug-likeness (QED) is 0.876. The molecule has 2 atom stereocenters. The Hall–Kier alpha value is -1.27. The van der Waals surface area contributed by atoms with Crippen LogP contribution in [0.2, 0.25) is 0 Å². The standard InChI is InChI=1S/C14H20F3NO2/c1-9(18)6-11-4-5-13(20-8-10(2)19-3)12(7-11)14(15,16)17/h4-5,7,9-10H,6,8,18H2,1-3H3. The fraction of sp³-hybridized carbons (Fsp3) is 0.571. The van der Waals surface area contributed by atoms with Gasteiger partial charge in [0.2, 0.25) is 0 Å². The van der Waals surface area contributed by atoms with Crippen LogP contribution in [0.25, 0.3) is 0 Å².